The number of hydrogen-bond acceptors (Lipinski definition) is 7. The number of hydrogen-bond donors (Lipinski definition) is 2. The number of fused-ring (bicyclic) bond motifs is 1. The SMILES string of the molecule is COCCn1c(C(=O)OC)c(NC(=O)CCc2ccccc2)c2cc(NCc3ccco3)cnc21. The van der Waals surface area contributed by atoms with E-state index >= 15 is 0 Å². The summed E-state index contributed by atoms with van der Waals surface area (Å²) in [7, 11) is 2.89. The molecule has 2 N–H and O–H groups in total. The van der Waals surface area contributed by atoms with Gasteiger partial charge < -0.3 is 29.1 Å². The minimum Gasteiger partial charge on any atom is -0.467 e. The number of nitrogens with one attached hydrogen (secondary N) is 2. The van der Waals surface area contributed by atoms with Crippen LogP contribution < -0.4 is 10.6 Å². The van der Waals surface area contributed by atoms with Gasteiger partial charge in [-0.3, -0.25) is 4.79 Å². The molecule has 4 aromatic rings. The van der Waals surface area contributed by atoms with E-state index < -0.39 is 5.97 Å². The first-order chi connectivity index (χ1) is 17.1. The Morgan fingerprint density at radius 2 is 1.94 bits per heavy atom. The number of benzene rings is 1. The number of aromatic nitrogens is 2. The Morgan fingerprint density at radius 3 is 2.66 bits per heavy atom. The smallest absolute Gasteiger partial charge is 0.356 e. The van der Waals surface area contributed by atoms with Crippen LogP contribution in [0.1, 0.15) is 28.2 Å². The fourth-order valence-corrected chi connectivity index (χ4v) is 3.86. The van der Waals surface area contributed by atoms with Crippen LogP contribution >= 0.6 is 0 Å². The van der Waals surface area contributed by atoms with Crippen LogP contribution in [0.2, 0.25) is 0 Å². The van der Waals surface area contributed by atoms with Gasteiger partial charge in [-0.25, -0.2) is 9.78 Å². The third-order valence-corrected chi connectivity index (χ3v) is 5.59. The number of pyridine rings is 1. The number of rotatable bonds is 11. The highest BCUT2D eigenvalue weighted by Crippen LogP contribution is 2.33. The molecule has 0 saturated carbocycles. The lowest BCUT2D eigenvalue weighted by Crippen LogP contribution is -2.18. The fraction of sp³-hybridized carbons (Fsp3) is 0.269. The normalized spacial score (nSPS) is 10.9. The molecule has 0 fully saturated rings. The molecule has 0 saturated heterocycles. The third kappa shape index (κ3) is 5.70. The molecule has 0 radical (unpaired) electrons. The highest BCUT2D eigenvalue weighted by atomic mass is 16.5. The number of methoxy groups -OCH3 is 2. The van der Waals surface area contributed by atoms with Gasteiger partial charge in [0.15, 0.2) is 5.69 Å². The van der Waals surface area contributed by atoms with Crippen molar-refractivity contribution in [1.82, 2.24) is 9.55 Å². The molecule has 0 aliphatic heterocycles. The summed E-state index contributed by atoms with van der Waals surface area (Å²) in [5.74, 6) is -0.00578. The van der Waals surface area contributed by atoms with Gasteiger partial charge in [0.05, 0.1) is 44.1 Å². The largest absolute Gasteiger partial charge is 0.467 e. The number of carbonyl (C=O) groups is 2. The quantitative estimate of drug-likeness (QED) is 0.312. The lowest BCUT2D eigenvalue weighted by Gasteiger charge is -2.10. The average Bonchev–Trinajstić information content (AvgIpc) is 3.51. The van der Waals surface area contributed by atoms with Crippen molar-refractivity contribution in [3.05, 3.63) is 78.0 Å². The van der Waals surface area contributed by atoms with Crippen LogP contribution in [0.15, 0.2) is 65.4 Å². The van der Waals surface area contributed by atoms with Crippen LogP contribution in [-0.4, -0.2) is 42.3 Å². The first-order valence-electron chi connectivity index (χ1n) is 11.3. The predicted octanol–water partition coefficient (Wildman–Crippen LogP) is 4.25. The summed E-state index contributed by atoms with van der Waals surface area (Å²) in [6.07, 6.45) is 4.13. The van der Waals surface area contributed by atoms with E-state index in [0.29, 0.717) is 48.5 Å². The van der Waals surface area contributed by atoms with E-state index in [2.05, 4.69) is 15.6 Å². The van der Waals surface area contributed by atoms with Gasteiger partial charge in [0, 0.05) is 25.5 Å². The third-order valence-electron chi connectivity index (χ3n) is 5.59. The summed E-state index contributed by atoms with van der Waals surface area (Å²) in [4.78, 5) is 30.3. The summed E-state index contributed by atoms with van der Waals surface area (Å²) in [6.45, 7) is 1.19. The monoisotopic (exact) mass is 476 g/mol. The van der Waals surface area contributed by atoms with Crippen LogP contribution in [-0.2, 0) is 33.8 Å². The maximum Gasteiger partial charge on any atom is 0.356 e. The van der Waals surface area contributed by atoms with Gasteiger partial charge in [0.2, 0.25) is 5.91 Å². The molecule has 9 heteroatoms. The van der Waals surface area contributed by atoms with E-state index in [0.717, 1.165) is 11.3 Å². The molecule has 0 atom stereocenters. The highest BCUT2D eigenvalue weighted by molar-refractivity contribution is 6.11. The van der Waals surface area contributed by atoms with E-state index in [4.69, 9.17) is 13.9 Å². The standard InChI is InChI=1S/C26H28N4O5/c1-33-14-12-30-24(26(32)34-2)23(29-22(31)11-10-18-7-4-3-5-8-18)21-15-19(16-28-25(21)30)27-17-20-9-6-13-35-20/h3-9,13,15-16,27H,10-12,14,17H2,1-2H3,(H,29,31). The number of amides is 1. The molecule has 3 aromatic heterocycles. The van der Waals surface area contributed by atoms with Gasteiger partial charge in [-0.15, -0.1) is 0 Å². The van der Waals surface area contributed by atoms with Crippen molar-refractivity contribution >= 4 is 34.3 Å². The molecule has 1 amide bonds. The minimum atomic E-state index is -0.567. The first kappa shape index (κ1) is 24.0. The van der Waals surface area contributed by atoms with Crippen molar-refractivity contribution in [1.29, 1.82) is 0 Å². The maximum atomic E-state index is 12.9. The lowest BCUT2D eigenvalue weighted by atomic mass is 10.1. The number of aryl methyl sites for hydroxylation is 1. The van der Waals surface area contributed by atoms with E-state index in [1.807, 2.05) is 48.5 Å². The summed E-state index contributed by atoms with van der Waals surface area (Å²) in [6, 6.07) is 15.3. The van der Waals surface area contributed by atoms with E-state index in [1.165, 1.54) is 7.11 Å². The molecule has 3 heterocycles. The Balaban J connectivity index is 1.68. The molecular weight excluding hydrogens is 448 g/mol. The Bertz CT molecular complexity index is 1280. The van der Waals surface area contributed by atoms with Crippen molar-refractivity contribution in [2.75, 3.05) is 31.5 Å². The Labute approximate surface area is 203 Å². The highest BCUT2D eigenvalue weighted by Gasteiger charge is 2.26. The fourth-order valence-electron chi connectivity index (χ4n) is 3.86. The van der Waals surface area contributed by atoms with Gasteiger partial charge in [-0.1, -0.05) is 30.3 Å². The maximum absolute atomic E-state index is 12.9. The van der Waals surface area contributed by atoms with Gasteiger partial charge in [0.1, 0.15) is 11.4 Å². The number of anilines is 2. The van der Waals surface area contributed by atoms with Crippen molar-refractivity contribution < 1.29 is 23.5 Å². The van der Waals surface area contributed by atoms with Crippen LogP contribution in [0.25, 0.3) is 11.0 Å². The molecule has 0 bridgehead atoms. The van der Waals surface area contributed by atoms with Gasteiger partial charge in [-0.2, -0.15) is 0 Å². The zero-order valence-electron chi connectivity index (χ0n) is 19.7. The topological polar surface area (TPSA) is 108 Å². The van der Waals surface area contributed by atoms with Crippen LogP contribution in [0.3, 0.4) is 0 Å². The van der Waals surface area contributed by atoms with Gasteiger partial charge >= 0.3 is 5.97 Å². The molecular formula is C26H28N4O5. The van der Waals surface area contributed by atoms with Crippen LogP contribution in [0.5, 0.6) is 0 Å². The van der Waals surface area contributed by atoms with E-state index in [-0.39, 0.29) is 18.0 Å². The average molecular weight is 477 g/mol. The Hall–Kier alpha value is -4.11. The first-order valence-corrected chi connectivity index (χ1v) is 11.3. The van der Waals surface area contributed by atoms with Gasteiger partial charge in [-0.05, 0) is 30.2 Å². The van der Waals surface area contributed by atoms with Crippen molar-refractivity contribution in [3.8, 4) is 0 Å². The lowest BCUT2D eigenvalue weighted by molar-refractivity contribution is -0.116. The molecule has 0 spiro atoms. The second-order valence-corrected chi connectivity index (χ2v) is 7.92. The number of esters is 1. The summed E-state index contributed by atoms with van der Waals surface area (Å²) >= 11 is 0. The predicted molar refractivity (Wildman–Crippen MR) is 132 cm³/mol. The molecule has 0 unspecified atom stereocenters. The summed E-state index contributed by atoms with van der Waals surface area (Å²) in [5.41, 5.74) is 2.92. The molecule has 0 aliphatic carbocycles. The second kappa shape index (κ2) is 11.3. The van der Waals surface area contributed by atoms with Crippen LogP contribution in [0.4, 0.5) is 11.4 Å². The van der Waals surface area contributed by atoms with E-state index in [1.54, 1.807) is 24.1 Å². The van der Waals surface area contributed by atoms with Crippen molar-refractivity contribution in [3.63, 3.8) is 0 Å². The number of carbonyl (C=O) groups excluding carboxylic acids is 2. The van der Waals surface area contributed by atoms with Gasteiger partial charge in [0.25, 0.3) is 0 Å². The van der Waals surface area contributed by atoms with Crippen LogP contribution in [0, 0.1) is 0 Å². The van der Waals surface area contributed by atoms with Crippen molar-refractivity contribution in [2.24, 2.45) is 0 Å². The molecule has 1 aromatic carbocycles. The Morgan fingerprint density at radius 1 is 1.11 bits per heavy atom. The second-order valence-electron chi connectivity index (χ2n) is 7.92. The number of furan rings is 1. The summed E-state index contributed by atoms with van der Waals surface area (Å²) in [5, 5.41) is 6.83. The molecule has 0 aliphatic rings. The number of nitrogens with zero attached hydrogens (tertiary/aromatic N) is 2. The molecule has 35 heavy (non-hydrogen) atoms. The van der Waals surface area contributed by atoms with E-state index in [9.17, 15) is 9.59 Å². The molecule has 4 rings (SSSR count). The Kier molecular flexibility index (Phi) is 7.79. The van der Waals surface area contributed by atoms with Crippen molar-refractivity contribution in [2.45, 2.75) is 25.9 Å². The molecule has 182 valence electrons. The molecule has 9 nitrogen and oxygen atoms in total. The summed E-state index contributed by atoms with van der Waals surface area (Å²) < 4.78 is 17.4. The zero-order chi connectivity index (χ0) is 24.6. The minimum absolute atomic E-state index is 0.209. The number of ether oxygens (including phenoxy) is 2. The zero-order valence-corrected chi connectivity index (χ0v) is 19.7.